The molecule has 1 N–H and O–H groups in total. The van der Waals surface area contributed by atoms with E-state index < -0.39 is 10.0 Å². The van der Waals surface area contributed by atoms with Gasteiger partial charge in [0.25, 0.3) is 5.56 Å². The smallest absolute Gasteiger partial charge is 0.266 e. The summed E-state index contributed by atoms with van der Waals surface area (Å²) < 4.78 is 28.7. The predicted molar refractivity (Wildman–Crippen MR) is 91.6 cm³/mol. The molecule has 128 valence electrons. The van der Waals surface area contributed by atoms with E-state index in [0.29, 0.717) is 11.5 Å². The highest BCUT2D eigenvalue weighted by Gasteiger charge is 2.25. The average molecular weight is 347 g/mol. The molecule has 24 heavy (non-hydrogen) atoms. The molecule has 0 radical (unpaired) electrons. The van der Waals surface area contributed by atoms with Gasteiger partial charge in [-0.15, -0.1) is 0 Å². The molecule has 1 aliphatic rings. The number of hydrogen-bond acceptors (Lipinski definition) is 4. The van der Waals surface area contributed by atoms with Crippen molar-refractivity contribution in [2.45, 2.75) is 44.0 Å². The Hall–Kier alpha value is -1.99. The van der Waals surface area contributed by atoms with Crippen molar-refractivity contribution in [3.05, 3.63) is 57.5 Å². The van der Waals surface area contributed by atoms with Gasteiger partial charge in [-0.3, -0.25) is 4.79 Å². The molecule has 1 fully saturated rings. The fourth-order valence-corrected chi connectivity index (χ4v) is 3.93. The molecule has 2 aromatic rings. The number of aryl methyl sites for hydroxylation is 2. The van der Waals surface area contributed by atoms with E-state index in [1.807, 2.05) is 13.0 Å². The van der Waals surface area contributed by atoms with Gasteiger partial charge in [0.05, 0.1) is 17.1 Å². The highest BCUT2D eigenvalue weighted by Crippen LogP contribution is 2.38. The van der Waals surface area contributed by atoms with Gasteiger partial charge >= 0.3 is 0 Å². The van der Waals surface area contributed by atoms with E-state index in [2.05, 4.69) is 9.82 Å². The number of nitrogens with zero attached hydrogens (tertiary/aromatic N) is 2. The summed E-state index contributed by atoms with van der Waals surface area (Å²) >= 11 is 0. The monoisotopic (exact) mass is 347 g/mol. The summed E-state index contributed by atoms with van der Waals surface area (Å²) in [4.78, 5) is 12.1. The number of benzene rings is 1. The molecule has 0 aliphatic heterocycles. The van der Waals surface area contributed by atoms with Crippen molar-refractivity contribution in [1.29, 1.82) is 0 Å². The minimum absolute atomic E-state index is 0.122. The van der Waals surface area contributed by atoms with Gasteiger partial charge < -0.3 is 0 Å². The van der Waals surface area contributed by atoms with Crippen molar-refractivity contribution in [3.8, 4) is 0 Å². The fraction of sp³-hybridized carbons (Fsp3) is 0.412. The summed E-state index contributed by atoms with van der Waals surface area (Å²) in [5.41, 5.74) is 2.41. The summed E-state index contributed by atoms with van der Waals surface area (Å²) in [5, 5.41) is 4.33. The van der Waals surface area contributed by atoms with Crippen LogP contribution in [0.15, 0.2) is 40.0 Å². The molecule has 1 heterocycles. The molecule has 1 aliphatic carbocycles. The topological polar surface area (TPSA) is 81.1 Å². The van der Waals surface area contributed by atoms with Gasteiger partial charge in [0.2, 0.25) is 10.0 Å². The second-order valence-corrected chi connectivity index (χ2v) is 8.00. The molecule has 1 aromatic carbocycles. The van der Waals surface area contributed by atoms with E-state index >= 15 is 0 Å². The molecule has 0 unspecified atom stereocenters. The molecule has 0 saturated heterocycles. The summed E-state index contributed by atoms with van der Waals surface area (Å²) in [5.74, 6) is 0.448. The van der Waals surface area contributed by atoms with Crippen LogP contribution in [-0.4, -0.2) is 24.7 Å². The van der Waals surface area contributed by atoms with Crippen LogP contribution in [0.1, 0.15) is 35.6 Å². The number of sulfonamides is 1. The van der Waals surface area contributed by atoms with Crippen LogP contribution in [0.25, 0.3) is 0 Å². The third-order valence-corrected chi connectivity index (χ3v) is 5.74. The van der Waals surface area contributed by atoms with Crippen LogP contribution in [-0.2, 0) is 16.6 Å². The van der Waals surface area contributed by atoms with E-state index in [0.717, 1.165) is 24.1 Å². The summed E-state index contributed by atoms with van der Waals surface area (Å²) in [6, 6.07) is 8.47. The third kappa shape index (κ3) is 3.73. The lowest BCUT2D eigenvalue weighted by Crippen LogP contribution is -2.32. The van der Waals surface area contributed by atoms with Gasteiger partial charge in [0.1, 0.15) is 0 Å². The summed E-state index contributed by atoms with van der Waals surface area (Å²) in [7, 11) is -3.60. The van der Waals surface area contributed by atoms with Gasteiger partial charge in [-0.1, -0.05) is 17.7 Å². The Kier molecular flexibility index (Phi) is 4.56. The van der Waals surface area contributed by atoms with Gasteiger partial charge in [0, 0.05) is 18.5 Å². The molecule has 0 bridgehead atoms. The molecule has 0 amide bonds. The average Bonchev–Trinajstić information content (AvgIpc) is 3.33. The zero-order valence-corrected chi connectivity index (χ0v) is 14.6. The van der Waals surface area contributed by atoms with Gasteiger partial charge in [-0.2, -0.15) is 5.10 Å². The zero-order valence-electron chi connectivity index (χ0n) is 13.8. The zero-order chi connectivity index (χ0) is 17.3. The molecular weight excluding hydrogens is 326 g/mol. The van der Waals surface area contributed by atoms with E-state index in [1.54, 1.807) is 25.1 Å². The van der Waals surface area contributed by atoms with Crippen molar-refractivity contribution in [1.82, 2.24) is 14.5 Å². The number of aromatic nitrogens is 2. The lowest BCUT2D eigenvalue weighted by atomic mass is 10.2. The first kappa shape index (κ1) is 16.9. The Morgan fingerprint density at radius 2 is 1.96 bits per heavy atom. The van der Waals surface area contributed by atoms with Crippen molar-refractivity contribution >= 4 is 10.0 Å². The summed E-state index contributed by atoms with van der Waals surface area (Å²) in [6.07, 6.45) is 2.20. The van der Waals surface area contributed by atoms with Crippen molar-refractivity contribution < 1.29 is 8.42 Å². The second kappa shape index (κ2) is 6.49. The predicted octanol–water partition coefficient (Wildman–Crippen LogP) is 1.72. The van der Waals surface area contributed by atoms with Crippen LogP contribution in [0, 0.1) is 13.8 Å². The van der Waals surface area contributed by atoms with Crippen LogP contribution in [0.2, 0.25) is 0 Å². The Morgan fingerprint density at radius 3 is 2.62 bits per heavy atom. The first-order valence-electron chi connectivity index (χ1n) is 8.02. The van der Waals surface area contributed by atoms with Crippen molar-refractivity contribution in [2.75, 3.05) is 6.54 Å². The third-order valence-electron chi connectivity index (χ3n) is 4.12. The second-order valence-electron chi connectivity index (χ2n) is 6.26. The first-order valence-corrected chi connectivity index (χ1v) is 9.50. The Morgan fingerprint density at radius 1 is 1.21 bits per heavy atom. The molecule has 1 saturated carbocycles. The van der Waals surface area contributed by atoms with Crippen LogP contribution in [0.4, 0.5) is 0 Å². The van der Waals surface area contributed by atoms with Crippen LogP contribution < -0.4 is 10.3 Å². The summed E-state index contributed by atoms with van der Waals surface area (Å²) in [6.45, 7) is 4.02. The lowest BCUT2D eigenvalue weighted by Gasteiger charge is -2.11. The Bertz CT molecular complexity index is 915. The minimum atomic E-state index is -3.60. The van der Waals surface area contributed by atoms with Crippen molar-refractivity contribution in [3.63, 3.8) is 0 Å². The normalized spacial score (nSPS) is 14.8. The van der Waals surface area contributed by atoms with Gasteiger partial charge in [-0.25, -0.2) is 17.8 Å². The van der Waals surface area contributed by atoms with Gasteiger partial charge in [-0.05, 0) is 44.4 Å². The Balaban J connectivity index is 1.69. The molecule has 6 nitrogen and oxygen atoms in total. The van der Waals surface area contributed by atoms with Crippen LogP contribution in [0.3, 0.4) is 0 Å². The highest BCUT2D eigenvalue weighted by molar-refractivity contribution is 7.89. The molecule has 7 heteroatoms. The van der Waals surface area contributed by atoms with Crippen LogP contribution in [0.5, 0.6) is 0 Å². The number of hydrogen-bond donors (Lipinski definition) is 1. The van der Waals surface area contributed by atoms with Gasteiger partial charge in [0.15, 0.2) is 0 Å². The van der Waals surface area contributed by atoms with E-state index in [9.17, 15) is 13.2 Å². The molecular formula is C17H21N3O3S. The number of rotatable bonds is 6. The largest absolute Gasteiger partial charge is 0.268 e. The maximum Gasteiger partial charge on any atom is 0.266 e. The number of nitrogens with one attached hydrogen (secondary N) is 1. The lowest BCUT2D eigenvalue weighted by molar-refractivity contribution is 0.540. The standard InChI is InChI=1S/C17H21N3O3S/c1-12-3-7-16(13(2)11-12)24(22,23)18-9-10-20-17(21)8-6-15(19-20)14-4-5-14/h3,6-8,11,14,18H,4-5,9-10H2,1-2H3. The maximum absolute atomic E-state index is 12.4. The first-order chi connectivity index (χ1) is 11.4. The molecule has 0 spiro atoms. The highest BCUT2D eigenvalue weighted by atomic mass is 32.2. The quantitative estimate of drug-likeness (QED) is 0.863. The fourth-order valence-electron chi connectivity index (χ4n) is 2.69. The maximum atomic E-state index is 12.4. The SMILES string of the molecule is Cc1ccc(S(=O)(=O)NCCn2nc(C3CC3)ccc2=O)c(C)c1. The van der Waals surface area contributed by atoms with Crippen LogP contribution >= 0.6 is 0 Å². The molecule has 0 atom stereocenters. The Labute approximate surface area is 141 Å². The molecule has 1 aromatic heterocycles. The van der Waals surface area contributed by atoms with E-state index in [1.165, 1.54) is 10.7 Å². The van der Waals surface area contributed by atoms with E-state index in [4.69, 9.17) is 0 Å². The minimum Gasteiger partial charge on any atom is -0.268 e. The van der Waals surface area contributed by atoms with Crippen molar-refractivity contribution in [2.24, 2.45) is 0 Å². The molecule has 3 rings (SSSR count). The van der Waals surface area contributed by atoms with E-state index in [-0.39, 0.29) is 23.5 Å².